The Balaban J connectivity index is 2.80. The van der Waals surface area contributed by atoms with Crippen LogP contribution in [0.25, 0.3) is 11.2 Å². The number of aromatic amines is 2. The Bertz CT molecular complexity index is 606. The fraction of sp³-hybridized carbons (Fsp3) is 0.375. The van der Waals surface area contributed by atoms with Crippen LogP contribution in [0.4, 0.5) is 0 Å². The Hall–Kier alpha value is -2.05. The molecule has 0 aliphatic heterocycles. The molecule has 0 unspecified atom stereocenters. The number of nitrogens with zero attached hydrogens (tertiary/aromatic N) is 2. The van der Waals surface area contributed by atoms with E-state index in [1.165, 1.54) is 11.6 Å². The van der Waals surface area contributed by atoms with Gasteiger partial charge < -0.3 is 9.72 Å². The molecule has 2 aromatic heterocycles. The second-order valence-corrected chi connectivity index (χ2v) is 2.99. The van der Waals surface area contributed by atoms with Crippen LogP contribution in [-0.2, 0) is 7.05 Å². The van der Waals surface area contributed by atoms with Crippen molar-refractivity contribution in [3.05, 3.63) is 20.8 Å². The largest absolute Gasteiger partial charge is 0.465 e. The maximum absolute atomic E-state index is 11.4. The topological polar surface area (TPSA) is 92.8 Å². The van der Waals surface area contributed by atoms with Gasteiger partial charge in [0.05, 0.1) is 6.61 Å². The highest BCUT2D eigenvalue weighted by molar-refractivity contribution is 5.70. The smallest absolute Gasteiger partial charge is 0.329 e. The lowest BCUT2D eigenvalue weighted by molar-refractivity contribution is 0.317. The molecule has 0 fully saturated rings. The molecular formula is C8H10N4O3. The number of ether oxygens (including phenoxy) is 1. The van der Waals surface area contributed by atoms with Crippen molar-refractivity contribution in [2.75, 3.05) is 6.61 Å². The lowest BCUT2D eigenvalue weighted by Gasteiger charge is -1.94. The van der Waals surface area contributed by atoms with E-state index in [0.717, 1.165) is 0 Å². The van der Waals surface area contributed by atoms with E-state index in [-0.39, 0.29) is 17.2 Å². The lowest BCUT2D eigenvalue weighted by Crippen LogP contribution is -2.28. The molecule has 0 aromatic carbocycles. The van der Waals surface area contributed by atoms with Crippen LogP contribution in [0.3, 0.4) is 0 Å². The molecule has 0 aliphatic carbocycles. The zero-order chi connectivity index (χ0) is 11.0. The van der Waals surface area contributed by atoms with Crippen LogP contribution in [0.15, 0.2) is 9.59 Å². The summed E-state index contributed by atoms with van der Waals surface area (Å²) in [5.74, 6) is 0. The van der Waals surface area contributed by atoms with Crippen LogP contribution in [0.1, 0.15) is 6.92 Å². The van der Waals surface area contributed by atoms with Gasteiger partial charge >= 0.3 is 5.69 Å². The molecule has 0 bridgehead atoms. The second kappa shape index (κ2) is 3.26. The molecule has 0 saturated carbocycles. The molecule has 15 heavy (non-hydrogen) atoms. The fourth-order valence-electron chi connectivity index (χ4n) is 1.29. The van der Waals surface area contributed by atoms with Crippen LogP contribution in [-0.4, -0.2) is 26.1 Å². The van der Waals surface area contributed by atoms with Gasteiger partial charge in [-0.2, -0.15) is 4.98 Å². The molecule has 0 amide bonds. The standard InChI is InChI=1S/C8H10N4O3/c1-3-15-7-9-4-5(10-7)12(2)8(14)11-6(4)13/h3H2,1-2H3,(H,9,10)(H,11,13,14). The maximum atomic E-state index is 11.4. The minimum atomic E-state index is -0.498. The molecule has 0 saturated heterocycles. The van der Waals surface area contributed by atoms with Crippen LogP contribution in [0, 0.1) is 0 Å². The first-order valence-corrected chi connectivity index (χ1v) is 4.45. The first kappa shape index (κ1) is 9.50. The average molecular weight is 210 g/mol. The minimum absolute atomic E-state index is 0.235. The summed E-state index contributed by atoms with van der Waals surface area (Å²) < 4.78 is 6.35. The van der Waals surface area contributed by atoms with E-state index >= 15 is 0 Å². The van der Waals surface area contributed by atoms with Crippen LogP contribution >= 0.6 is 0 Å². The number of rotatable bonds is 2. The minimum Gasteiger partial charge on any atom is -0.465 e. The van der Waals surface area contributed by atoms with E-state index in [4.69, 9.17) is 4.74 Å². The lowest BCUT2D eigenvalue weighted by atomic mass is 10.5. The third-order valence-electron chi connectivity index (χ3n) is 2.01. The monoisotopic (exact) mass is 210 g/mol. The third-order valence-corrected chi connectivity index (χ3v) is 2.01. The summed E-state index contributed by atoms with van der Waals surface area (Å²) in [7, 11) is 1.52. The van der Waals surface area contributed by atoms with Crippen LogP contribution in [0.5, 0.6) is 6.01 Å². The Labute approximate surface area is 83.7 Å². The number of imidazole rings is 1. The summed E-state index contributed by atoms with van der Waals surface area (Å²) in [6.45, 7) is 2.24. The fourth-order valence-corrected chi connectivity index (χ4v) is 1.29. The van der Waals surface area contributed by atoms with Crippen molar-refractivity contribution in [1.29, 1.82) is 0 Å². The van der Waals surface area contributed by atoms with Crippen molar-refractivity contribution < 1.29 is 4.74 Å². The Morgan fingerprint density at radius 1 is 1.40 bits per heavy atom. The van der Waals surface area contributed by atoms with Crippen molar-refractivity contribution in [1.82, 2.24) is 19.5 Å². The zero-order valence-corrected chi connectivity index (χ0v) is 8.33. The average Bonchev–Trinajstić information content (AvgIpc) is 2.60. The predicted octanol–water partition coefficient (Wildman–Crippen LogP) is -0.651. The Morgan fingerprint density at radius 2 is 2.13 bits per heavy atom. The summed E-state index contributed by atoms with van der Waals surface area (Å²) in [6, 6.07) is 0.235. The molecular weight excluding hydrogens is 200 g/mol. The highest BCUT2D eigenvalue weighted by Gasteiger charge is 2.10. The molecule has 7 heteroatoms. The van der Waals surface area contributed by atoms with Crippen molar-refractivity contribution in [3.8, 4) is 6.01 Å². The number of H-pyrrole nitrogens is 2. The van der Waals surface area contributed by atoms with E-state index in [1.54, 1.807) is 6.92 Å². The number of aromatic nitrogens is 4. The highest BCUT2D eigenvalue weighted by atomic mass is 16.5. The SMILES string of the molecule is CCOc1nc2c([nH]1)c(=O)[nH]c(=O)n2C. The van der Waals surface area contributed by atoms with Gasteiger partial charge in [0.1, 0.15) is 0 Å². The molecule has 2 N–H and O–H groups in total. The van der Waals surface area contributed by atoms with E-state index in [0.29, 0.717) is 6.61 Å². The summed E-state index contributed by atoms with van der Waals surface area (Å²) >= 11 is 0. The van der Waals surface area contributed by atoms with Gasteiger partial charge in [-0.05, 0) is 6.92 Å². The number of aryl methyl sites for hydroxylation is 1. The molecule has 2 heterocycles. The molecule has 0 atom stereocenters. The second-order valence-electron chi connectivity index (χ2n) is 2.99. The van der Waals surface area contributed by atoms with E-state index in [1.807, 2.05) is 0 Å². The molecule has 80 valence electrons. The van der Waals surface area contributed by atoms with Crippen molar-refractivity contribution in [2.24, 2.45) is 7.05 Å². The quantitative estimate of drug-likeness (QED) is 0.688. The van der Waals surface area contributed by atoms with E-state index in [2.05, 4.69) is 15.0 Å². The molecule has 0 aliphatic rings. The summed E-state index contributed by atoms with van der Waals surface area (Å²) in [5, 5.41) is 0. The normalized spacial score (nSPS) is 10.8. The number of hydrogen-bond acceptors (Lipinski definition) is 4. The first-order chi connectivity index (χ1) is 7.13. The summed E-state index contributed by atoms with van der Waals surface area (Å²) in [4.78, 5) is 31.5. The summed E-state index contributed by atoms with van der Waals surface area (Å²) in [5.41, 5.74) is -0.471. The van der Waals surface area contributed by atoms with Crippen molar-refractivity contribution in [2.45, 2.75) is 6.92 Å². The Kier molecular flexibility index (Phi) is 2.07. The van der Waals surface area contributed by atoms with E-state index in [9.17, 15) is 9.59 Å². The predicted molar refractivity (Wildman–Crippen MR) is 53.1 cm³/mol. The number of nitrogens with one attached hydrogen (secondary N) is 2. The van der Waals surface area contributed by atoms with Crippen LogP contribution in [0.2, 0.25) is 0 Å². The van der Waals surface area contributed by atoms with Gasteiger partial charge in [-0.25, -0.2) is 4.79 Å². The molecule has 7 nitrogen and oxygen atoms in total. The highest BCUT2D eigenvalue weighted by Crippen LogP contribution is 2.09. The molecule has 0 spiro atoms. The van der Waals surface area contributed by atoms with Gasteiger partial charge in [0.15, 0.2) is 11.2 Å². The zero-order valence-electron chi connectivity index (χ0n) is 8.33. The maximum Gasteiger partial charge on any atom is 0.329 e. The van der Waals surface area contributed by atoms with E-state index < -0.39 is 11.2 Å². The van der Waals surface area contributed by atoms with Gasteiger partial charge in [-0.3, -0.25) is 14.3 Å². The van der Waals surface area contributed by atoms with Gasteiger partial charge in [0.25, 0.3) is 11.6 Å². The molecule has 2 aromatic rings. The summed E-state index contributed by atoms with van der Waals surface area (Å²) in [6.07, 6.45) is 0. The van der Waals surface area contributed by atoms with Crippen LogP contribution < -0.4 is 16.0 Å². The third kappa shape index (κ3) is 1.41. The van der Waals surface area contributed by atoms with Crippen molar-refractivity contribution in [3.63, 3.8) is 0 Å². The van der Waals surface area contributed by atoms with Crippen molar-refractivity contribution >= 4 is 11.2 Å². The van der Waals surface area contributed by atoms with Gasteiger partial charge in [0.2, 0.25) is 0 Å². The van der Waals surface area contributed by atoms with Gasteiger partial charge in [-0.1, -0.05) is 0 Å². The van der Waals surface area contributed by atoms with Gasteiger partial charge in [0, 0.05) is 7.05 Å². The number of hydrogen-bond donors (Lipinski definition) is 2. The van der Waals surface area contributed by atoms with Gasteiger partial charge in [-0.15, -0.1) is 0 Å². The number of fused-ring (bicyclic) bond motifs is 1. The molecule has 0 radical (unpaired) electrons. The first-order valence-electron chi connectivity index (χ1n) is 4.45. The molecule has 2 rings (SSSR count). The Morgan fingerprint density at radius 3 is 2.80 bits per heavy atom.